The van der Waals surface area contributed by atoms with Crippen LogP contribution in [0.15, 0.2) is 30.3 Å². The quantitative estimate of drug-likeness (QED) is 0.551. The van der Waals surface area contributed by atoms with Crippen LogP contribution in [-0.2, 0) is 0 Å². The molecule has 0 bridgehead atoms. The number of hydrogen-bond acceptors (Lipinski definition) is 3. The number of pyridine rings is 1. The van der Waals surface area contributed by atoms with E-state index < -0.39 is 0 Å². The van der Waals surface area contributed by atoms with Crippen LogP contribution in [0.4, 0.5) is 0 Å². The van der Waals surface area contributed by atoms with Gasteiger partial charge < -0.3 is 0 Å². The summed E-state index contributed by atoms with van der Waals surface area (Å²) >= 11 is 1.56. The third-order valence-electron chi connectivity index (χ3n) is 4.87. The third kappa shape index (κ3) is 5.09. The van der Waals surface area contributed by atoms with Crippen molar-refractivity contribution in [1.29, 1.82) is 0 Å². The molecular weight excluding hydrogens is 371 g/mol. The molecule has 25 heavy (non-hydrogen) atoms. The van der Waals surface area contributed by atoms with Gasteiger partial charge in [-0.05, 0) is 25.9 Å². The molecule has 1 unspecified atom stereocenters. The molecule has 1 aliphatic rings. The van der Waals surface area contributed by atoms with Crippen LogP contribution in [0.1, 0.15) is 36.8 Å². The fourth-order valence-corrected chi connectivity index (χ4v) is 4.19. The topological polar surface area (TPSA) is 25.4 Å². The van der Waals surface area contributed by atoms with Gasteiger partial charge >= 0.3 is 128 Å². The fraction of sp³-hybridized carbons (Fsp3) is 0.476. The van der Waals surface area contributed by atoms with E-state index in [4.69, 9.17) is 9.72 Å². The van der Waals surface area contributed by atoms with Crippen LogP contribution < -0.4 is 9.22 Å². The summed E-state index contributed by atoms with van der Waals surface area (Å²) in [6, 6.07) is 10.5. The number of aromatic nitrogens is 1. The molecule has 1 aliphatic heterocycles. The second kappa shape index (κ2) is 8.87. The second-order valence-electron chi connectivity index (χ2n) is 6.98. The maximum atomic E-state index is 6.03. The molecule has 134 valence electrons. The monoisotopic (exact) mass is 400 g/mol. The molecule has 4 heteroatoms. The molecule has 3 rings (SSSR count). The Labute approximate surface area is 160 Å². The van der Waals surface area contributed by atoms with Crippen molar-refractivity contribution in [2.45, 2.75) is 39.5 Å². The van der Waals surface area contributed by atoms with Gasteiger partial charge in [-0.1, -0.05) is 6.42 Å². The molecule has 2 heterocycles. The Hall–Kier alpha value is -1.31. The van der Waals surface area contributed by atoms with Gasteiger partial charge in [0.25, 0.3) is 0 Å². The minimum atomic E-state index is 0.792. The van der Waals surface area contributed by atoms with Gasteiger partial charge in [-0.3, -0.25) is 0 Å². The van der Waals surface area contributed by atoms with Gasteiger partial charge in [0.2, 0.25) is 0 Å². The second-order valence-corrected chi connectivity index (χ2v) is 8.23. The van der Waals surface area contributed by atoms with Crippen LogP contribution in [0.25, 0.3) is 11.3 Å². The summed E-state index contributed by atoms with van der Waals surface area (Å²) in [7, 11) is 0. The Morgan fingerprint density at radius 1 is 1.08 bits per heavy atom. The van der Waals surface area contributed by atoms with Crippen LogP contribution >= 0.6 is 0 Å². The summed E-state index contributed by atoms with van der Waals surface area (Å²) in [5, 5.41) is 0. The summed E-state index contributed by atoms with van der Waals surface area (Å²) in [6.45, 7) is 8.77. The van der Waals surface area contributed by atoms with Gasteiger partial charge in [-0.15, -0.1) is 0 Å². The molecule has 1 saturated heterocycles. The Bertz CT molecular complexity index is 688. The molecule has 1 aromatic carbocycles. The van der Waals surface area contributed by atoms with Gasteiger partial charge in [-0.2, -0.15) is 0 Å². The Kier molecular flexibility index (Phi) is 6.56. The first kappa shape index (κ1) is 18.5. The van der Waals surface area contributed by atoms with E-state index in [-0.39, 0.29) is 0 Å². The van der Waals surface area contributed by atoms with Gasteiger partial charge in [0, 0.05) is 0 Å². The predicted molar refractivity (Wildman–Crippen MR) is 108 cm³/mol. The average Bonchev–Trinajstić information content (AvgIpc) is 2.59. The summed E-state index contributed by atoms with van der Waals surface area (Å²) in [5.41, 5.74) is 4.77. The number of benzene rings is 1. The summed E-state index contributed by atoms with van der Waals surface area (Å²) in [6.07, 6.45) is 5.21. The predicted octanol–water partition coefficient (Wildman–Crippen LogP) is 2.88. The van der Waals surface area contributed by atoms with E-state index in [2.05, 4.69) is 49.1 Å². The van der Waals surface area contributed by atoms with Crippen molar-refractivity contribution < 1.29 is 4.74 Å². The van der Waals surface area contributed by atoms with E-state index in [1.54, 1.807) is 16.9 Å². The van der Waals surface area contributed by atoms with Gasteiger partial charge in [0.15, 0.2) is 0 Å². The number of hydrogen-bond donors (Lipinski definition) is 0. The Morgan fingerprint density at radius 3 is 2.48 bits per heavy atom. The molecule has 0 amide bonds. The molecule has 3 nitrogen and oxygen atoms in total. The SMILES string of the molecule is Cc1cc(OCCCN2CCCCC2)cc(C)c1-c1cccc([AsH2])n1. The first-order chi connectivity index (χ1) is 12.1. The van der Waals surface area contributed by atoms with E-state index in [1.807, 2.05) is 0 Å². The normalized spacial score (nSPS) is 15.3. The van der Waals surface area contributed by atoms with Gasteiger partial charge in [0.1, 0.15) is 0 Å². The van der Waals surface area contributed by atoms with Crippen molar-refractivity contribution in [3.63, 3.8) is 0 Å². The summed E-state index contributed by atoms with van der Waals surface area (Å²) in [5.74, 6) is 0.981. The van der Waals surface area contributed by atoms with Crippen LogP contribution in [-0.4, -0.2) is 53.0 Å². The Balaban J connectivity index is 1.60. The van der Waals surface area contributed by atoms with Crippen molar-refractivity contribution in [3.8, 4) is 17.0 Å². The first-order valence-electron chi connectivity index (χ1n) is 9.33. The van der Waals surface area contributed by atoms with E-state index >= 15 is 0 Å². The van der Waals surface area contributed by atoms with Crippen LogP contribution in [0.5, 0.6) is 5.75 Å². The van der Waals surface area contributed by atoms with Crippen molar-refractivity contribution >= 4 is 21.3 Å². The third-order valence-corrected chi connectivity index (χ3v) is 5.54. The van der Waals surface area contributed by atoms with E-state index in [9.17, 15) is 0 Å². The molecule has 0 saturated carbocycles. The van der Waals surface area contributed by atoms with Crippen LogP contribution in [0.2, 0.25) is 0 Å². The molecule has 0 N–H and O–H groups in total. The minimum absolute atomic E-state index is 0.792. The zero-order chi connectivity index (χ0) is 17.6. The van der Waals surface area contributed by atoms with Crippen molar-refractivity contribution in [2.24, 2.45) is 0 Å². The van der Waals surface area contributed by atoms with Gasteiger partial charge in [-0.25, -0.2) is 0 Å². The Morgan fingerprint density at radius 2 is 1.80 bits per heavy atom. The fourth-order valence-electron chi connectivity index (χ4n) is 3.66. The average molecular weight is 400 g/mol. The number of likely N-dealkylation sites (tertiary alicyclic amines) is 1. The van der Waals surface area contributed by atoms with Gasteiger partial charge in [0.05, 0.1) is 0 Å². The zero-order valence-electron chi connectivity index (χ0n) is 15.4. The maximum absolute atomic E-state index is 6.03. The number of rotatable bonds is 6. The molecule has 0 spiro atoms. The molecule has 1 fully saturated rings. The standard InChI is InChI=1S/C21H29AsN2O/c1-16-14-18(25-13-7-12-24-10-4-3-5-11-24)15-17(2)21(16)19-8-6-9-20(22)23-19/h6,8-9,14-15H,3-5,7,10-13,22H2,1-2H3. The van der Waals surface area contributed by atoms with Crippen molar-refractivity contribution in [2.75, 3.05) is 26.2 Å². The number of aryl methyl sites for hydroxylation is 2. The van der Waals surface area contributed by atoms with Crippen LogP contribution in [0.3, 0.4) is 0 Å². The van der Waals surface area contributed by atoms with Crippen molar-refractivity contribution in [3.05, 3.63) is 41.5 Å². The van der Waals surface area contributed by atoms with Crippen molar-refractivity contribution in [1.82, 2.24) is 9.88 Å². The first-order valence-corrected chi connectivity index (χ1v) is 10.5. The molecular formula is C21H29AsN2O. The number of ether oxygens (including phenoxy) is 1. The number of nitrogens with zero attached hydrogens (tertiary/aromatic N) is 2. The zero-order valence-corrected chi connectivity index (χ0v) is 17.8. The molecule has 0 radical (unpaired) electrons. The van der Waals surface area contributed by atoms with E-state index in [1.165, 1.54) is 49.0 Å². The molecule has 2 aromatic rings. The molecule has 0 aliphatic carbocycles. The summed E-state index contributed by atoms with van der Waals surface area (Å²) in [4.78, 5) is 7.27. The number of piperidine rings is 1. The summed E-state index contributed by atoms with van der Waals surface area (Å²) < 4.78 is 7.14. The van der Waals surface area contributed by atoms with E-state index in [0.717, 1.165) is 35.5 Å². The van der Waals surface area contributed by atoms with Crippen LogP contribution in [0, 0.1) is 13.8 Å². The molecule has 1 aromatic heterocycles. The van der Waals surface area contributed by atoms with E-state index in [0.29, 0.717) is 0 Å². The molecule has 1 atom stereocenters.